The summed E-state index contributed by atoms with van der Waals surface area (Å²) in [4.78, 5) is 4.26. The Morgan fingerprint density at radius 1 is 1.43 bits per heavy atom. The zero-order chi connectivity index (χ0) is 10.2. The Labute approximate surface area is 84.9 Å². The van der Waals surface area contributed by atoms with Crippen molar-refractivity contribution >= 4 is 0 Å². The Morgan fingerprint density at radius 3 is 3.00 bits per heavy atom. The van der Waals surface area contributed by atoms with Gasteiger partial charge in [0.05, 0.1) is 13.2 Å². The first-order valence-corrected chi connectivity index (χ1v) is 4.95. The van der Waals surface area contributed by atoms with Crippen LogP contribution in [0.15, 0.2) is 12.4 Å². The minimum absolute atomic E-state index is 0.714. The number of aromatic nitrogens is 2. The van der Waals surface area contributed by atoms with Crippen molar-refractivity contribution in [3.63, 3.8) is 0 Å². The number of rotatable bonds is 7. The molecule has 0 bridgehead atoms. The van der Waals surface area contributed by atoms with E-state index in [9.17, 15) is 0 Å². The van der Waals surface area contributed by atoms with Gasteiger partial charge in [0.25, 0.3) is 0 Å². The van der Waals surface area contributed by atoms with Gasteiger partial charge in [-0.05, 0) is 6.92 Å². The van der Waals surface area contributed by atoms with Crippen LogP contribution >= 0.6 is 0 Å². The first-order valence-electron chi connectivity index (χ1n) is 4.95. The summed E-state index contributed by atoms with van der Waals surface area (Å²) >= 11 is 0. The molecule has 4 heteroatoms. The third kappa shape index (κ3) is 3.47. The number of methoxy groups -OCH3 is 1. The van der Waals surface area contributed by atoms with Crippen LogP contribution in [0.3, 0.4) is 0 Å². The molecule has 4 nitrogen and oxygen atoms in total. The van der Waals surface area contributed by atoms with Gasteiger partial charge in [-0.1, -0.05) is 0 Å². The molecular formula is C10H18N2O2. The number of hydrogen-bond acceptors (Lipinski definition) is 3. The Kier molecular flexibility index (Phi) is 5.25. The van der Waals surface area contributed by atoms with Crippen LogP contribution in [0.25, 0.3) is 0 Å². The molecule has 0 N–H and O–H groups in total. The van der Waals surface area contributed by atoms with Gasteiger partial charge in [0, 0.05) is 39.1 Å². The molecule has 0 aliphatic rings. The van der Waals surface area contributed by atoms with Crippen molar-refractivity contribution in [1.82, 2.24) is 9.55 Å². The van der Waals surface area contributed by atoms with E-state index in [0.717, 1.165) is 32.0 Å². The van der Waals surface area contributed by atoms with Gasteiger partial charge in [-0.3, -0.25) is 0 Å². The van der Waals surface area contributed by atoms with Crippen molar-refractivity contribution in [3.05, 3.63) is 18.2 Å². The van der Waals surface area contributed by atoms with Crippen LogP contribution in [0.5, 0.6) is 0 Å². The van der Waals surface area contributed by atoms with E-state index in [1.165, 1.54) is 0 Å². The van der Waals surface area contributed by atoms with Crippen LogP contribution in [-0.2, 0) is 22.4 Å². The highest BCUT2D eigenvalue weighted by molar-refractivity contribution is 4.92. The molecule has 0 aliphatic carbocycles. The lowest BCUT2D eigenvalue weighted by molar-refractivity contribution is 0.137. The van der Waals surface area contributed by atoms with Crippen molar-refractivity contribution < 1.29 is 9.47 Å². The third-order valence-corrected chi connectivity index (χ3v) is 2.01. The van der Waals surface area contributed by atoms with Gasteiger partial charge in [-0.15, -0.1) is 0 Å². The summed E-state index contributed by atoms with van der Waals surface area (Å²) in [5.41, 5.74) is 0. The fourth-order valence-corrected chi connectivity index (χ4v) is 1.27. The maximum Gasteiger partial charge on any atom is 0.111 e. The molecule has 0 saturated carbocycles. The summed E-state index contributed by atoms with van der Waals surface area (Å²) in [7, 11) is 1.70. The van der Waals surface area contributed by atoms with Crippen molar-refractivity contribution in [2.24, 2.45) is 0 Å². The first kappa shape index (κ1) is 11.2. The second kappa shape index (κ2) is 6.56. The molecule has 0 saturated heterocycles. The zero-order valence-corrected chi connectivity index (χ0v) is 8.90. The zero-order valence-electron chi connectivity index (χ0n) is 8.90. The normalized spacial score (nSPS) is 10.7. The number of imidazole rings is 1. The van der Waals surface area contributed by atoms with Crippen LogP contribution < -0.4 is 0 Å². The molecule has 0 aromatic carbocycles. The van der Waals surface area contributed by atoms with E-state index < -0.39 is 0 Å². The largest absolute Gasteiger partial charge is 0.384 e. The van der Waals surface area contributed by atoms with E-state index in [-0.39, 0.29) is 0 Å². The average Bonchev–Trinajstić information content (AvgIpc) is 2.63. The minimum Gasteiger partial charge on any atom is -0.384 e. The monoisotopic (exact) mass is 198 g/mol. The predicted molar refractivity (Wildman–Crippen MR) is 54.3 cm³/mol. The van der Waals surface area contributed by atoms with E-state index in [4.69, 9.17) is 9.47 Å². The molecule has 1 rings (SSSR count). The van der Waals surface area contributed by atoms with Gasteiger partial charge in [0.2, 0.25) is 0 Å². The Balaban J connectivity index is 2.37. The van der Waals surface area contributed by atoms with Crippen LogP contribution in [0.4, 0.5) is 0 Å². The summed E-state index contributed by atoms with van der Waals surface area (Å²) in [6, 6.07) is 0. The number of hydrogen-bond donors (Lipinski definition) is 0. The van der Waals surface area contributed by atoms with Crippen LogP contribution in [0, 0.1) is 0 Å². The fourth-order valence-electron chi connectivity index (χ4n) is 1.27. The quantitative estimate of drug-likeness (QED) is 0.616. The standard InChI is InChI=1S/C10H18N2O2/c1-3-14-9-7-12-6-5-11-10(12)4-8-13-2/h5-6H,3-4,7-9H2,1-2H3. The van der Waals surface area contributed by atoms with Crippen LogP contribution in [0.1, 0.15) is 12.7 Å². The maximum absolute atomic E-state index is 5.29. The van der Waals surface area contributed by atoms with Gasteiger partial charge < -0.3 is 14.0 Å². The molecule has 0 spiro atoms. The molecule has 0 amide bonds. The van der Waals surface area contributed by atoms with Crippen LogP contribution in [0.2, 0.25) is 0 Å². The van der Waals surface area contributed by atoms with E-state index in [1.54, 1.807) is 7.11 Å². The summed E-state index contributed by atoms with van der Waals surface area (Å²) in [6.45, 7) is 5.09. The van der Waals surface area contributed by atoms with Crippen molar-refractivity contribution in [2.45, 2.75) is 19.9 Å². The van der Waals surface area contributed by atoms with Crippen molar-refractivity contribution in [3.8, 4) is 0 Å². The van der Waals surface area contributed by atoms with Gasteiger partial charge in [0.1, 0.15) is 5.82 Å². The van der Waals surface area contributed by atoms with Crippen molar-refractivity contribution in [2.75, 3.05) is 26.9 Å². The molecule has 0 fully saturated rings. The second-order valence-corrected chi connectivity index (χ2v) is 2.98. The maximum atomic E-state index is 5.29. The second-order valence-electron chi connectivity index (χ2n) is 2.98. The summed E-state index contributed by atoms with van der Waals surface area (Å²) in [6.07, 6.45) is 4.65. The smallest absolute Gasteiger partial charge is 0.111 e. The van der Waals surface area contributed by atoms with Crippen molar-refractivity contribution in [1.29, 1.82) is 0 Å². The third-order valence-electron chi connectivity index (χ3n) is 2.01. The lowest BCUT2D eigenvalue weighted by Gasteiger charge is -2.07. The molecular weight excluding hydrogens is 180 g/mol. The average molecular weight is 198 g/mol. The highest BCUT2D eigenvalue weighted by Gasteiger charge is 2.01. The molecule has 1 heterocycles. The topological polar surface area (TPSA) is 36.3 Å². The van der Waals surface area contributed by atoms with Gasteiger partial charge in [-0.2, -0.15) is 0 Å². The molecule has 1 aromatic rings. The number of nitrogens with zero attached hydrogens (tertiary/aromatic N) is 2. The molecule has 0 aliphatic heterocycles. The number of ether oxygens (including phenoxy) is 2. The summed E-state index contributed by atoms with van der Waals surface area (Å²) in [5, 5.41) is 0. The molecule has 0 unspecified atom stereocenters. The predicted octanol–water partition coefficient (Wildman–Crippen LogP) is 1.11. The van der Waals surface area contributed by atoms with E-state index in [2.05, 4.69) is 9.55 Å². The lowest BCUT2D eigenvalue weighted by Crippen LogP contribution is -2.10. The Hall–Kier alpha value is -0.870. The van der Waals surface area contributed by atoms with E-state index in [0.29, 0.717) is 6.61 Å². The van der Waals surface area contributed by atoms with Crippen LogP contribution in [-0.4, -0.2) is 36.5 Å². The fraction of sp³-hybridized carbons (Fsp3) is 0.700. The molecule has 14 heavy (non-hydrogen) atoms. The summed E-state index contributed by atoms with van der Waals surface area (Å²) in [5.74, 6) is 1.06. The minimum atomic E-state index is 0.714. The SMILES string of the molecule is CCOCCn1ccnc1CCOC. The molecule has 1 aromatic heterocycles. The Bertz CT molecular complexity index is 248. The highest BCUT2D eigenvalue weighted by atomic mass is 16.5. The lowest BCUT2D eigenvalue weighted by atomic mass is 10.4. The molecule has 80 valence electrons. The van der Waals surface area contributed by atoms with Gasteiger partial charge >= 0.3 is 0 Å². The first-order chi connectivity index (χ1) is 6.88. The molecule has 0 atom stereocenters. The van der Waals surface area contributed by atoms with Gasteiger partial charge in [0.15, 0.2) is 0 Å². The highest BCUT2D eigenvalue weighted by Crippen LogP contribution is 1.99. The van der Waals surface area contributed by atoms with Gasteiger partial charge in [-0.25, -0.2) is 4.98 Å². The summed E-state index contributed by atoms with van der Waals surface area (Å²) < 4.78 is 12.4. The van der Waals surface area contributed by atoms with E-state index in [1.807, 2.05) is 19.3 Å². The Morgan fingerprint density at radius 2 is 2.29 bits per heavy atom. The van der Waals surface area contributed by atoms with E-state index >= 15 is 0 Å². The molecule has 0 radical (unpaired) electrons.